The number of carbonyl (C=O) groups excluding carboxylic acids is 2. The van der Waals surface area contributed by atoms with E-state index in [0.29, 0.717) is 30.4 Å². The maximum atomic E-state index is 13.1. The number of aliphatic hydroxyl groups is 1. The maximum absolute atomic E-state index is 13.1. The van der Waals surface area contributed by atoms with Crippen molar-refractivity contribution in [3.05, 3.63) is 70.8 Å². The Morgan fingerprint density at radius 2 is 1.76 bits per heavy atom. The van der Waals surface area contributed by atoms with Crippen molar-refractivity contribution in [2.45, 2.75) is 65.3 Å². The summed E-state index contributed by atoms with van der Waals surface area (Å²) in [5.74, 6) is -0.353. The second kappa shape index (κ2) is 11.2. The number of amides is 1. The van der Waals surface area contributed by atoms with E-state index >= 15 is 0 Å². The fourth-order valence-electron chi connectivity index (χ4n) is 4.16. The third-order valence-corrected chi connectivity index (χ3v) is 6.04. The number of carbonyl (C=O) groups is 2. The molecule has 2 aromatic rings. The number of likely N-dealkylation sites (tertiary alicyclic amines) is 1. The van der Waals surface area contributed by atoms with Crippen LogP contribution in [0.2, 0.25) is 0 Å². The largest absolute Gasteiger partial charge is 0.507 e. The van der Waals surface area contributed by atoms with Gasteiger partial charge in [-0.2, -0.15) is 0 Å². The monoisotopic (exact) mass is 449 g/mol. The normalized spacial score (nSPS) is 17.7. The SMILES string of the molecule is CCCCCN1C(=O)C(=O)/C(=C(\O)c2cccc(OCCC)c2)C1c1ccc(C(C)C)cc1. The van der Waals surface area contributed by atoms with Crippen LogP contribution in [0.1, 0.15) is 82.0 Å². The van der Waals surface area contributed by atoms with Crippen LogP contribution in [0.25, 0.3) is 5.76 Å². The van der Waals surface area contributed by atoms with Crippen molar-refractivity contribution in [2.75, 3.05) is 13.2 Å². The minimum Gasteiger partial charge on any atom is -0.507 e. The number of hydrogen-bond acceptors (Lipinski definition) is 4. The van der Waals surface area contributed by atoms with Gasteiger partial charge in [-0.25, -0.2) is 0 Å². The van der Waals surface area contributed by atoms with Gasteiger partial charge in [-0.1, -0.05) is 76.9 Å². The zero-order valence-electron chi connectivity index (χ0n) is 20.1. The van der Waals surface area contributed by atoms with Crippen LogP contribution in [0.15, 0.2) is 54.1 Å². The Morgan fingerprint density at radius 3 is 2.39 bits per heavy atom. The summed E-state index contributed by atoms with van der Waals surface area (Å²) in [4.78, 5) is 27.8. The summed E-state index contributed by atoms with van der Waals surface area (Å²) in [6.45, 7) is 9.41. The average molecular weight is 450 g/mol. The molecule has 1 atom stereocenters. The number of rotatable bonds is 10. The molecule has 3 rings (SSSR count). The highest BCUT2D eigenvalue weighted by Gasteiger charge is 2.45. The third-order valence-electron chi connectivity index (χ3n) is 6.04. The number of unbranched alkanes of at least 4 members (excludes halogenated alkanes) is 2. The van der Waals surface area contributed by atoms with Crippen LogP contribution in [0, 0.1) is 0 Å². The molecular formula is C28H35NO4. The van der Waals surface area contributed by atoms with Gasteiger partial charge in [-0.3, -0.25) is 9.59 Å². The molecule has 1 heterocycles. The molecule has 176 valence electrons. The lowest BCUT2D eigenvalue weighted by Crippen LogP contribution is -2.30. The topological polar surface area (TPSA) is 66.8 Å². The number of aliphatic hydroxyl groups excluding tert-OH is 1. The Kier molecular flexibility index (Phi) is 8.32. The van der Waals surface area contributed by atoms with E-state index < -0.39 is 17.7 Å². The molecule has 0 spiro atoms. The number of benzene rings is 2. The van der Waals surface area contributed by atoms with Crippen molar-refractivity contribution in [2.24, 2.45) is 0 Å². The minimum atomic E-state index is -0.637. The molecule has 1 unspecified atom stereocenters. The van der Waals surface area contributed by atoms with Crippen molar-refractivity contribution in [3.63, 3.8) is 0 Å². The molecule has 1 aliphatic heterocycles. The van der Waals surface area contributed by atoms with Crippen LogP contribution in [0.4, 0.5) is 0 Å². The number of ether oxygens (including phenoxy) is 1. The third kappa shape index (κ3) is 5.47. The number of Topliss-reactive ketones (excluding diaryl/α,β-unsaturated/α-hetero) is 1. The van der Waals surface area contributed by atoms with Crippen LogP contribution < -0.4 is 4.74 Å². The molecule has 1 saturated heterocycles. The summed E-state index contributed by atoms with van der Waals surface area (Å²) in [5, 5.41) is 11.2. The zero-order chi connectivity index (χ0) is 24.0. The molecular weight excluding hydrogens is 414 g/mol. The van der Waals surface area contributed by atoms with Crippen LogP contribution >= 0.6 is 0 Å². The highest BCUT2D eigenvalue weighted by molar-refractivity contribution is 6.46. The van der Waals surface area contributed by atoms with E-state index in [4.69, 9.17) is 4.74 Å². The molecule has 5 nitrogen and oxygen atoms in total. The molecule has 5 heteroatoms. The first-order valence-electron chi connectivity index (χ1n) is 12.0. The van der Waals surface area contributed by atoms with Gasteiger partial charge in [-0.15, -0.1) is 0 Å². The van der Waals surface area contributed by atoms with E-state index in [2.05, 4.69) is 20.8 Å². The Labute approximate surface area is 197 Å². The Balaban J connectivity index is 2.08. The second-order valence-corrected chi connectivity index (χ2v) is 8.90. The summed E-state index contributed by atoms with van der Waals surface area (Å²) < 4.78 is 5.69. The van der Waals surface area contributed by atoms with Gasteiger partial charge in [0.05, 0.1) is 18.2 Å². The van der Waals surface area contributed by atoms with Gasteiger partial charge in [0, 0.05) is 12.1 Å². The number of hydrogen-bond donors (Lipinski definition) is 1. The number of ketones is 1. The van der Waals surface area contributed by atoms with Gasteiger partial charge < -0.3 is 14.7 Å². The fraction of sp³-hybridized carbons (Fsp3) is 0.429. The maximum Gasteiger partial charge on any atom is 0.295 e. The van der Waals surface area contributed by atoms with Gasteiger partial charge in [0.1, 0.15) is 11.5 Å². The molecule has 0 bridgehead atoms. The molecule has 0 radical (unpaired) electrons. The van der Waals surface area contributed by atoms with Crippen molar-refractivity contribution in [1.82, 2.24) is 4.90 Å². The van der Waals surface area contributed by atoms with E-state index in [1.54, 1.807) is 23.1 Å². The van der Waals surface area contributed by atoms with E-state index in [-0.39, 0.29) is 11.3 Å². The molecule has 2 aromatic carbocycles. The van der Waals surface area contributed by atoms with Crippen LogP contribution in [0.5, 0.6) is 5.75 Å². The molecule has 0 saturated carbocycles. The van der Waals surface area contributed by atoms with E-state index in [9.17, 15) is 14.7 Å². The van der Waals surface area contributed by atoms with Gasteiger partial charge in [-0.05, 0) is 42.0 Å². The average Bonchev–Trinajstić information content (AvgIpc) is 3.07. The van der Waals surface area contributed by atoms with Gasteiger partial charge in [0.15, 0.2) is 0 Å². The lowest BCUT2D eigenvalue weighted by atomic mass is 9.93. The van der Waals surface area contributed by atoms with Gasteiger partial charge in [0.25, 0.3) is 11.7 Å². The second-order valence-electron chi connectivity index (χ2n) is 8.90. The molecule has 33 heavy (non-hydrogen) atoms. The van der Waals surface area contributed by atoms with Crippen molar-refractivity contribution in [3.8, 4) is 5.75 Å². The fourth-order valence-corrected chi connectivity index (χ4v) is 4.16. The quantitative estimate of drug-likeness (QED) is 0.203. The summed E-state index contributed by atoms with van der Waals surface area (Å²) in [7, 11) is 0. The molecule has 1 N–H and O–H groups in total. The summed E-state index contributed by atoms with van der Waals surface area (Å²) >= 11 is 0. The lowest BCUT2D eigenvalue weighted by Gasteiger charge is -2.25. The molecule has 0 aromatic heterocycles. The first-order chi connectivity index (χ1) is 15.9. The van der Waals surface area contributed by atoms with Gasteiger partial charge >= 0.3 is 0 Å². The van der Waals surface area contributed by atoms with Gasteiger partial charge in [0.2, 0.25) is 0 Å². The van der Waals surface area contributed by atoms with Crippen molar-refractivity contribution >= 4 is 17.4 Å². The lowest BCUT2D eigenvalue weighted by molar-refractivity contribution is -0.139. The predicted molar refractivity (Wildman–Crippen MR) is 131 cm³/mol. The standard InChI is InChI=1S/C28H35NO4/c1-5-7-8-16-29-25(21-14-12-20(13-15-21)19(3)4)24(27(31)28(29)32)26(30)22-10-9-11-23(18-22)33-17-6-2/h9-15,18-19,25,30H,5-8,16-17H2,1-4H3/b26-24-. The summed E-state index contributed by atoms with van der Waals surface area (Å²) in [6.07, 6.45) is 3.66. The van der Waals surface area contributed by atoms with E-state index in [1.165, 1.54) is 5.56 Å². The van der Waals surface area contributed by atoms with Crippen LogP contribution in [-0.2, 0) is 9.59 Å². The van der Waals surface area contributed by atoms with Crippen LogP contribution in [0.3, 0.4) is 0 Å². The Bertz CT molecular complexity index is 1010. The Hall–Kier alpha value is -3.08. The molecule has 1 aliphatic rings. The first kappa shape index (κ1) is 24.6. The number of nitrogens with zero attached hydrogens (tertiary/aromatic N) is 1. The highest BCUT2D eigenvalue weighted by Crippen LogP contribution is 2.40. The van der Waals surface area contributed by atoms with Crippen molar-refractivity contribution < 1.29 is 19.4 Å². The minimum absolute atomic E-state index is 0.140. The smallest absolute Gasteiger partial charge is 0.295 e. The van der Waals surface area contributed by atoms with E-state index in [1.807, 2.05) is 37.3 Å². The molecule has 1 amide bonds. The summed E-state index contributed by atoms with van der Waals surface area (Å²) in [5.41, 5.74) is 2.62. The van der Waals surface area contributed by atoms with Crippen LogP contribution in [-0.4, -0.2) is 34.8 Å². The van der Waals surface area contributed by atoms with E-state index in [0.717, 1.165) is 31.2 Å². The Morgan fingerprint density at radius 1 is 1.03 bits per heavy atom. The predicted octanol–water partition coefficient (Wildman–Crippen LogP) is 6.21. The zero-order valence-corrected chi connectivity index (χ0v) is 20.1. The molecule has 0 aliphatic carbocycles. The molecule has 1 fully saturated rings. The highest BCUT2D eigenvalue weighted by atomic mass is 16.5. The van der Waals surface area contributed by atoms with Crippen molar-refractivity contribution in [1.29, 1.82) is 0 Å². The summed E-state index contributed by atoms with van der Waals surface area (Å²) in [6, 6.07) is 14.4. The first-order valence-corrected chi connectivity index (χ1v) is 12.0.